The van der Waals surface area contributed by atoms with Gasteiger partial charge in [-0.05, 0) is 49.4 Å². The van der Waals surface area contributed by atoms with E-state index in [9.17, 15) is 4.79 Å². The Morgan fingerprint density at radius 1 is 1.33 bits per heavy atom. The first-order valence-electron chi connectivity index (χ1n) is 7.73. The summed E-state index contributed by atoms with van der Waals surface area (Å²) in [6.07, 6.45) is 6.23. The predicted octanol–water partition coefficient (Wildman–Crippen LogP) is 3.24. The lowest BCUT2D eigenvalue weighted by Gasteiger charge is -2.35. The average molecular weight is 290 g/mol. The zero-order valence-electron chi connectivity index (χ0n) is 13.1. The molecule has 0 aromatic heterocycles. The monoisotopic (exact) mass is 290 g/mol. The van der Waals surface area contributed by atoms with Crippen molar-refractivity contribution in [1.29, 1.82) is 0 Å². The molecule has 2 rings (SSSR count). The molecule has 0 aliphatic heterocycles. The van der Waals surface area contributed by atoms with Crippen LogP contribution in [0.3, 0.4) is 0 Å². The van der Waals surface area contributed by atoms with E-state index in [0.717, 1.165) is 24.1 Å². The van der Waals surface area contributed by atoms with Gasteiger partial charge in [0.25, 0.3) is 0 Å². The first-order valence-corrected chi connectivity index (χ1v) is 7.73. The van der Waals surface area contributed by atoms with Crippen molar-refractivity contribution in [1.82, 2.24) is 0 Å². The van der Waals surface area contributed by atoms with Crippen LogP contribution in [-0.2, 0) is 4.79 Å². The van der Waals surface area contributed by atoms with E-state index < -0.39 is 0 Å². The normalized spacial score (nSPS) is 17.3. The predicted molar refractivity (Wildman–Crippen MR) is 85.6 cm³/mol. The summed E-state index contributed by atoms with van der Waals surface area (Å²) < 4.78 is 5.33. The quantitative estimate of drug-likeness (QED) is 0.875. The van der Waals surface area contributed by atoms with Crippen molar-refractivity contribution in [2.24, 2.45) is 11.1 Å². The van der Waals surface area contributed by atoms with Gasteiger partial charge in [0, 0.05) is 6.42 Å². The maximum Gasteiger partial charge on any atom is 0.225 e. The number of amides is 1. The first kappa shape index (κ1) is 15.8. The summed E-state index contributed by atoms with van der Waals surface area (Å²) in [6.45, 7) is 2.59. The van der Waals surface area contributed by atoms with E-state index in [1.54, 1.807) is 7.11 Å². The molecule has 0 atom stereocenters. The highest BCUT2D eigenvalue weighted by Crippen LogP contribution is 2.38. The maximum atomic E-state index is 12.4. The Morgan fingerprint density at radius 2 is 2.05 bits per heavy atom. The highest BCUT2D eigenvalue weighted by atomic mass is 16.5. The number of rotatable bonds is 5. The molecule has 0 bridgehead atoms. The molecule has 0 unspecified atom stereocenters. The SMILES string of the molecule is COc1cc(C)ccc1NC(=O)CC1(CN)CCCCC1. The fourth-order valence-electron chi connectivity index (χ4n) is 3.19. The van der Waals surface area contributed by atoms with E-state index in [0.29, 0.717) is 18.7 Å². The Hall–Kier alpha value is -1.55. The highest BCUT2D eigenvalue weighted by Gasteiger charge is 2.33. The average Bonchev–Trinajstić information content (AvgIpc) is 2.50. The minimum atomic E-state index is -0.0136. The molecule has 0 radical (unpaired) electrons. The minimum absolute atomic E-state index is 0.0136. The number of hydrogen-bond donors (Lipinski definition) is 2. The third kappa shape index (κ3) is 3.97. The molecule has 4 heteroatoms. The smallest absolute Gasteiger partial charge is 0.225 e. The Kier molecular flexibility index (Phi) is 5.23. The van der Waals surface area contributed by atoms with Crippen LogP contribution in [0, 0.1) is 12.3 Å². The van der Waals surface area contributed by atoms with Crippen LogP contribution in [0.4, 0.5) is 5.69 Å². The molecule has 1 aliphatic rings. The highest BCUT2D eigenvalue weighted by molar-refractivity contribution is 5.92. The van der Waals surface area contributed by atoms with Gasteiger partial charge in [-0.15, -0.1) is 0 Å². The molecule has 0 heterocycles. The lowest BCUT2D eigenvalue weighted by atomic mass is 9.71. The van der Waals surface area contributed by atoms with Crippen molar-refractivity contribution < 1.29 is 9.53 Å². The van der Waals surface area contributed by atoms with Gasteiger partial charge in [-0.1, -0.05) is 25.3 Å². The van der Waals surface area contributed by atoms with Crippen LogP contribution in [0.25, 0.3) is 0 Å². The number of nitrogens with one attached hydrogen (secondary N) is 1. The van der Waals surface area contributed by atoms with Crippen molar-refractivity contribution in [2.75, 3.05) is 19.0 Å². The second-order valence-electron chi connectivity index (χ2n) is 6.19. The first-order chi connectivity index (χ1) is 10.1. The Morgan fingerprint density at radius 3 is 2.67 bits per heavy atom. The molecule has 1 aliphatic carbocycles. The Balaban J connectivity index is 2.04. The standard InChI is InChI=1S/C17H26N2O2/c1-13-6-7-14(15(10-13)21-2)19-16(20)11-17(12-18)8-4-3-5-9-17/h6-7,10H,3-5,8-9,11-12,18H2,1-2H3,(H,19,20). The number of nitrogens with two attached hydrogens (primary N) is 1. The molecule has 1 saturated carbocycles. The maximum absolute atomic E-state index is 12.4. The van der Waals surface area contributed by atoms with Gasteiger partial charge in [-0.25, -0.2) is 0 Å². The van der Waals surface area contributed by atoms with Crippen LogP contribution in [-0.4, -0.2) is 19.6 Å². The summed E-state index contributed by atoms with van der Waals surface area (Å²) in [5, 5.41) is 2.98. The lowest BCUT2D eigenvalue weighted by Crippen LogP contribution is -2.36. The summed E-state index contributed by atoms with van der Waals surface area (Å²) in [5.41, 5.74) is 7.78. The van der Waals surface area contributed by atoms with Gasteiger partial charge in [0.1, 0.15) is 5.75 Å². The number of hydrogen-bond acceptors (Lipinski definition) is 3. The topological polar surface area (TPSA) is 64.3 Å². The molecule has 4 nitrogen and oxygen atoms in total. The number of methoxy groups -OCH3 is 1. The number of carbonyl (C=O) groups is 1. The summed E-state index contributed by atoms with van der Waals surface area (Å²) in [4.78, 5) is 12.4. The molecule has 3 N–H and O–H groups in total. The van der Waals surface area contributed by atoms with Crippen LogP contribution in [0.2, 0.25) is 0 Å². The number of benzene rings is 1. The van der Waals surface area contributed by atoms with Gasteiger partial charge in [-0.3, -0.25) is 4.79 Å². The molecule has 0 spiro atoms. The third-order valence-corrected chi connectivity index (χ3v) is 4.51. The van der Waals surface area contributed by atoms with Gasteiger partial charge in [0.15, 0.2) is 0 Å². The number of carbonyl (C=O) groups excluding carboxylic acids is 1. The minimum Gasteiger partial charge on any atom is -0.495 e. The largest absolute Gasteiger partial charge is 0.495 e. The molecule has 1 aromatic rings. The van der Waals surface area contributed by atoms with E-state index in [2.05, 4.69) is 5.32 Å². The van der Waals surface area contributed by atoms with Crippen LogP contribution in [0.15, 0.2) is 18.2 Å². The van der Waals surface area contributed by atoms with E-state index >= 15 is 0 Å². The van der Waals surface area contributed by atoms with Crippen molar-refractivity contribution in [3.63, 3.8) is 0 Å². The lowest BCUT2D eigenvalue weighted by molar-refractivity contribution is -0.118. The van der Waals surface area contributed by atoms with Gasteiger partial charge < -0.3 is 15.8 Å². The van der Waals surface area contributed by atoms with E-state index in [4.69, 9.17) is 10.5 Å². The summed E-state index contributed by atoms with van der Waals surface area (Å²) in [6, 6.07) is 5.79. The summed E-state index contributed by atoms with van der Waals surface area (Å²) >= 11 is 0. The van der Waals surface area contributed by atoms with Crippen LogP contribution in [0.1, 0.15) is 44.1 Å². The zero-order valence-corrected chi connectivity index (χ0v) is 13.1. The second kappa shape index (κ2) is 6.94. The van der Waals surface area contributed by atoms with Gasteiger partial charge in [0.05, 0.1) is 12.8 Å². The molecular weight excluding hydrogens is 264 g/mol. The van der Waals surface area contributed by atoms with Gasteiger partial charge in [-0.2, -0.15) is 0 Å². The second-order valence-corrected chi connectivity index (χ2v) is 6.19. The number of ether oxygens (including phenoxy) is 1. The van der Waals surface area contributed by atoms with Crippen molar-refractivity contribution in [2.45, 2.75) is 45.4 Å². The molecule has 116 valence electrons. The van der Waals surface area contributed by atoms with Crippen LogP contribution < -0.4 is 15.8 Å². The summed E-state index contributed by atoms with van der Waals surface area (Å²) in [7, 11) is 1.62. The van der Waals surface area contributed by atoms with Crippen molar-refractivity contribution >= 4 is 11.6 Å². The third-order valence-electron chi connectivity index (χ3n) is 4.51. The van der Waals surface area contributed by atoms with Crippen molar-refractivity contribution in [3.05, 3.63) is 23.8 Å². The Labute approximate surface area is 127 Å². The number of anilines is 1. The van der Waals surface area contributed by atoms with Gasteiger partial charge >= 0.3 is 0 Å². The van der Waals surface area contributed by atoms with E-state index in [-0.39, 0.29) is 11.3 Å². The number of aryl methyl sites for hydroxylation is 1. The molecule has 21 heavy (non-hydrogen) atoms. The van der Waals surface area contributed by atoms with E-state index in [1.165, 1.54) is 19.3 Å². The van der Waals surface area contributed by atoms with E-state index in [1.807, 2.05) is 25.1 Å². The molecule has 1 fully saturated rings. The fourth-order valence-corrected chi connectivity index (χ4v) is 3.19. The van der Waals surface area contributed by atoms with Gasteiger partial charge in [0.2, 0.25) is 5.91 Å². The Bertz CT molecular complexity index is 494. The molecule has 1 aromatic carbocycles. The molecular formula is C17H26N2O2. The fraction of sp³-hybridized carbons (Fsp3) is 0.588. The zero-order chi connectivity index (χ0) is 15.3. The molecule has 1 amide bonds. The van der Waals surface area contributed by atoms with Crippen LogP contribution >= 0.6 is 0 Å². The van der Waals surface area contributed by atoms with Crippen LogP contribution in [0.5, 0.6) is 5.75 Å². The summed E-state index contributed by atoms with van der Waals surface area (Å²) in [5.74, 6) is 0.735. The van der Waals surface area contributed by atoms with Crippen molar-refractivity contribution in [3.8, 4) is 5.75 Å². The molecule has 0 saturated heterocycles.